The van der Waals surface area contributed by atoms with Gasteiger partial charge in [0.2, 0.25) is 0 Å². The zero-order chi connectivity index (χ0) is 18.6. The topological polar surface area (TPSA) is 41.6 Å². The molecular formula is C22H28N2O2S. The van der Waals surface area contributed by atoms with E-state index in [4.69, 9.17) is 4.74 Å². The lowest BCUT2D eigenvalue weighted by atomic mass is 9.81. The molecule has 1 aromatic carbocycles. The number of nitrogens with one attached hydrogen (secondary N) is 1. The second-order valence-corrected chi connectivity index (χ2v) is 8.59. The van der Waals surface area contributed by atoms with Gasteiger partial charge < -0.3 is 10.1 Å². The molecule has 0 saturated carbocycles. The average molecular weight is 385 g/mol. The molecule has 4 rings (SSSR count). The molecule has 1 aromatic heterocycles. The summed E-state index contributed by atoms with van der Waals surface area (Å²) in [4.78, 5) is 17.0. The van der Waals surface area contributed by atoms with Crippen LogP contribution >= 0.6 is 11.3 Å². The number of rotatable bonds is 6. The van der Waals surface area contributed by atoms with Crippen LogP contribution in [0.15, 0.2) is 41.8 Å². The summed E-state index contributed by atoms with van der Waals surface area (Å²) in [5, 5.41) is 5.46. The van der Waals surface area contributed by atoms with E-state index < -0.39 is 0 Å². The molecule has 2 aliphatic rings. The van der Waals surface area contributed by atoms with E-state index in [0.717, 1.165) is 19.4 Å². The number of fused-ring (bicyclic) bond motifs is 2. The quantitative estimate of drug-likeness (QED) is 0.799. The van der Waals surface area contributed by atoms with Gasteiger partial charge in [0.25, 0.3) is 5.91 Å². The van der Waals surface area contributed by atoms with Crippen molar-refractivity contribution in [2.45, 2.75) is 63.7 Å². The van der Waals surface area contributed by atoms with Crippen LogP contribution in [0.4, 0.5) is 0 Å². The standard InChI is InChI=1S/C22H28N2O2S/c1-2-26-21-11-4-3-10-20(21)22(25)23-16-13-17-7-5-8-18(14-16)24(17)15-19-9-6-12-27-19/h3-4,6,9-12,16-18H,2,5,7-8,13-15H2,1H3,(H,23,25)/t16?,17-,18+. The van der Waals surface area contributed by atoms with Gasteiger partial charge in [-0.3, -0.25) is 9.69 Å². The second kappa shape index (κ2) is 8.44. The van der Waals surface area contributed by atoms with Gasteiger partial charge in [0.15, 0.2) is 0 Å². The Labute approximate surface area is 165 Å². The number of benzene rings is 1. The van der Waals surface area contributed by atoms with Gasteiger partial charge in [-0.1, -0.05) is 24.6 Å². The zero-order valence-corrected chi connectivity index (χ0v) is 16.7. The predicted molar refractivity (Wildman–Crippen MR) is 109 cm³/mol. The summed E-state index contributed by atoms with van der Waals surface area (Å²) < 4.78 is 5.63. The van der Waals surface area contributed by atoms with Crippen molar-refractivity contribution in [2.24, 2.45) is 0 Å². The van der Waals surface area contributed by atoms with Crippen molar-refractivity contribution in [3.8, 4) is 5.75 Å². The van der Waals surface area contributed by atoms with Gasteiger partial charge >= 0.3 is 0 Å². The van der Waals surface area contributed by atoms with Gasteiger partial charge in [-0.15, -0.1) is 11.3 Å². The van der Waals surface area contributed by atoms with Crippen LogP contribution in [0.2, 0.25) is 0 Å². The summed E-state index contributed by atoms with van der Waals surface area (Å²) >= 11 is 1.84. The molecule has 2 fully saturated rings. The monoisotopic (exact) mass is 384 g/mol. The molecule has 27 heavy (non-hydrogen) atoms. The first kappa shape index (κ1) is 18.5. The molecule has 1 N–H and O–H groups in total. The van der Waals surface area contributed by atoms with Gasteiger partial charge in [-0.2, -0.15) is 0 Å². The molecule has 3 heterocycles. The van der Waals surface area contributed by atoms with Crippen molar-refractivity contribution < 1.29 is 9.53 Å². The Hall–Kier alpha value is -1.85. The van der Waals surface area contributed by atoms with Gasteiger partial charge in [0.1, 0.15) is 5.75 Å². The number of para-hydroxylation sites is 1. The molecule has 3 atom stereocenters. The highest BCUT2D eigenvalue weighted by atomic mass is 32.1. The molecule has 2 bridgehead atoms. The second-order valence-electron chi connectivity index (χ2n) is 7.56. The molecule has 1 unspecified atom stereocenters. The van der Waals surface area contributed by atoms with E-state index >= 15 is 0 Å². The highest BCUT2D eigenvalue weighted by Crippen LogP contribution is 2.36. The summed E-state index contributed by atoms with van der Waals surface area (Å²) in [6.07, 6.45) is 5.88. The lowest BCUT2D eigenvalue weighted by Crippen LogP contribution is -2.56. The van der Waals surface area contributed by atoms with Gasteiger partial charge in [-0.25, -0.2) is 0 Å². The Morgan fingerprint density at radius 2 is 1.96 bits per heavy atom. The minimum Gasteiger partial charge on any atom is -0.493 e. The van der Waals surface area contributed by atoms with Crippen LogP contribution < -0.4 is 10.1 Å². The zero-order valence-electron chi connectivity index (χ0n) is 15.9. The SMILES string of the molecule is CCOc1ccccc1C(=O)NC1C[C@H]2CCC[C@@H](C1)N2Cc1cccs1. The van der Waals surface area contributed by atoms with Crippen molar-refractivity contribution in [2.75, 3.05) is 6.61 Å². The Morgan fingerprint density at radius 1 is 1.19 bits per heavy atom. The predicted octanol–water partition coefficient (Wildman–Crippen LogP) is 4.46. The molecule has 0 aliphatic carbocycles. The van der Waals surface area contributed by atoms with Crippen LogP contribution in [0.5, 0.6) is 5.75 Å². The number of carbonyl (C=O) groups is 1. The van der Waals surface area contributed by atoms with Crippen LogP contribution in [0, 0.1) is 0 Å². The number of amides is 1. The number of piperidine rings is 2. The molecule has 0 radical (unpaired) electrons. The third-order valence-electron chi connectivity index (χ3n) is 5.81. The van der Waals surface area contributed by atoms with Crippen molar-refractivity contribution in [3.05, 3.63) is 52.2 Å². The molecule has 0 spiro atoms. The van der Waals surface area contributed by atoms with Crippen LogP contribution in [-0.4, -0.2) is 35.5 Å². The molecule has 2 saturated heterocycles. The van der Waals surface area contributed by atoms with E-state index in [1.165, 1.54) is 24.1 Å². The maximum Gasteiger partial charge on any atom is 0.255 e. The minimum absolute atomic E-state index is 0.00571. The van der Waals surface area contributed by atoms with Crippen LogP contribution in [0.25, 0.3) is 0 Å². The third-order valence-corrected chi connectivity index (χ3v) is 6.67. The molecule has 2 aromatic rings. The fourth-order valence-corrected chi connectivity index (χ4v) is 5.35. The summed E-state index contributed by atoms with van der Waals surface area (Å²) in [7, 11) is 0. The Balaban J connectivity index is 1.42. The Kier molecular flexibility index (Phi) is 5.79. The summed E-state index contributed by atoms with van der Waals surface area (Å²) in [6.45, 7) is 3.57. The molecule has 144 valence electrons. The minimum atomic E-state index is -0.00571. The van der Waals surface area contributed by atoms with E-state index in [1.54, 1.807) is 0 Å². The summed E-state index contributed by atoms with van der Waals surface area (Å²) in [5.74, 6) is 0.668. The molecule has 4 nitrogen and oxygen atoms in total. The average Bonchev–Trinajstić information content (AvgIpc) is 3.16. The first-order chi connectivity index (χ1) is 13.2. The number of nitrogens with zero attached hydrogens (tertiary/aromatic N) is 1. The first-order valence-electron chi connectivity index (χ1n) is 10.1. The molecular weight excluding hydrogens is 356 g/mol. The van der Waals surface area contributed by atoms with Crippen LogP contribution in [0.3, 0.4) is 0 Å². The highest BCUT2D eigenvalue weighted by molar-refractivity contribution is 7.09. The van der Waals surface area contributed by atoms with Crippen molar-refractivity contribution in [1.82, 2.24) is 10.2 Å². The normalized spacial score (nSPS) is 25.1. The Bertz CT molecular complexity index is 747. The van der Waals surface area contributed by atoms with Crippen molar-refractivity contribution in [3.63, 3.8) is 0 Å². The molecule has 2 aliphatic heterocycles. The smallest absolute Gasteiger partial charge is 0.255 e. The van der Waals surface area contributed by atoms with Gasteiger partial charge in [-0.05, 0) is 56.2 Å². The van der Waals surface area contributed by atoms with Gasteiger partial charge in [0, 0.05) is 29.5 Å². The Morgan fingerprint density at radius 3 is 2.67 bits per heavy atom. The fraction of sp³-hybridized carbons (Fsp3) is 0.500. The summed E-state index contributed by atoms with van der Waals surface area (Å²) in [6, 6.07) is 13.3. The van der Waals surface area contributed by atoms with Crippen molar-refractivity contribution in [1.29, 1.82) is 0 Å². The number of ether oxygens (including phenoxy) is 1. The van der Waals surface area contributed by atoms with Crippen LogP contribution in [0.1, 0.15) is 54.3 Å². The lowest BCUT2D eigenvalue weighted by Gasteiger charge is -2.49. The van der Waals surface area contributed by atoms with Crippen LogP contribution in [-0.2, 0) is 6.54 Å². The van der Waals surface area contributed by atoms with E-state index in [2.05, 4.69) is 27.7 Å². The fourth-order valence-electron chi connectivity index (χ4n) is 4.64. The van der Waals surface area contributed by atoms with E-state index in [-0.39, 0.29) is 11.9 Å². The lowest BCUT2D eigenvalue weighted by molar-refractivity contribution is 0.0184. The third kappa shape index (κ3) is 4.19. The van der Waals surface area contributed by atoms with Gasteiger partial charge in [0.05, 0.1) is 12.2 Å². The number of thiophene rings is 1. The maximum atomic E-state index is 12.9. The molecule has 5 heteroatoms. The van der Waals surface area contributed by atoms with E-state index in [9.17, 15) is 4.79 Å². The maximum absolute atomic E-state index is 12.9. The van der Waals surface area contributed by atoms with E-state index in [1.807, 2.05) is 42.5 Å². The first-order valence-corrected chi connectivity index (χ1v) is 10.9. The van der Waals surface area contributed by atoms with E-state index in [0.29, 0.717) is 30.0 Å². The number of hydrogen-bond donors (Lipinski definition) is 1. The number of carbonyl (C=O) groups excluding carboxylic acids is 1. The molecule has 1 amide bonds. The van der Waals surface area contributed by atoms with Crippen molar-refractivity contribution >= 4 is 17.2 Å². The number of hydrogen-bond acceptors (Lipinski definition) is 4. The highest BCUT2D eigenvalue weighted by Gasteiger charge is 2.38. The summed E-state index contributed by atoms with van der Waals surface area (Å²) in [5.41, 5.74) is 0.644. The largest absolute Gasteiger partial charge is 0.493 e.